The van der Waals surface area contributed by atoms with E-state index >= 15 is 0 Å². The van der Waals surface area contributed by atoms with Crippen molar-refractivity contribution in [2.75, 3.05) is 13.2 Å². The quantitative estimate of drug-likeness (QED) is 0.238. The number of nitrogens with one attached hydrogen (secondary N) is 1. The molecule has 0 saturated carbocycles. The van der Waals surface area contributed by atoms with Crippen LogP contribution in [0.1, 0.15) is 28.6 Å². The Balaban J connectivity index is 1.59. The van der Waals surface area contributed by atoms with Crippen molar-refractivity contribution < 1.29 is 28.2 Å². The smallest absolute Gasteiger partial charge is 0.379 e. The molecule has 0 atom stereocenters. The normalized spacial score (nSPS) is 10.4. The van der Waals surface area contributed by atoms with E-state index < -0.39 is 11.9 Å². The summed E-state index contributed by atoms with van der Waals surface area (Å²) in [6.07, 6.45) is 2.78. The van der Waals surface area contributed by atoms with Gasteiger partial charge in [-0.2, -0.15) is 10.4 Å². The van der Waals surface area contributed by atoms with E-state index in [9.17, 15) is 9.59 Å². The minimum Gasteiger partial charge on any atom is -0.490 e. The molecule has 162 valence electrons. The van der Waals surface area contributed by atoms with E-state index in [1.165, 1.54) is 18.5 Å². The van der Waals surface area contributed by atoms with E-state index in [0.717, 1.165) is 0 Å². The first kappa shape index (κ1) is 22.1. The first-order chi connectivity index (χ1) is 15.6. The van der Waals surface area contributed by atoms with Gasteiger partial charge in [-0.3, -0.25) is 4.79 Å². The third kappa shape index (κ3) is 5.96. The summed E-state index contributed by atoms with van der Waals surface area (Å²) >= 11 is 0. The van der Waals surface area contributed by atoms with Gasteiger partial charge in [0.25, 0.3) is 5.91 Å². The molecular formula is C23H19N3O6. The van der Waals surface area contributed by atoms with E-state index in [-0.39, 0.29) is 18.1 Å². The van der Waals surface area contributed by atoms with Crippen molar-refractivity contribution in [3.63, 3.8) is 0 Å². The number of rotatable bonds is 9. The number of carbonyl (C=O) groups excluding carboxylic acids is 2. The molecule has 2 aromatic carbocycles. The van der Waals surface area contributed by atoms with Crippen LogP contribution in [0.5, 0.6) is 17.2 Å². The first-order valence-corrected chi connectivity index (χ1v) is 9.57. The van der Waals surface area contributed by atoms with E-state index in [1.54, 1.807) is 55.5 Å². The van der Waals surface area contributed by atoms with Crippen LogP contribution in [-0.4, -0.2) is 31.3 Å². The molecule has 3 aromatic rings. The number of hydrogen-bond acceptors (Lipinski definition) is 8. The maximum atomic E-state index is 12.1. The van der Waals surface area contributed by atoms with Crippen LogP contribution < -0.4 is 19.6 Å². The Morgan fingerprint density at radius 3 is 2.69 bits per heavy atom. The van der Waals surface area contributed by atoms with Gasteiger partial charge in [-0.1, -0.05) is 12.1 Å². The third-order valence-corrected chi connectivity index (χ3v) is 3.96. The predicted octanol–water partition coefficient (Wildman–Crippen LogP) is 3.30. The summed E-state index contributed by atoms with van der Waals surface area (Å²) in [5, 5.41) is 12.9. The average Bonchev–Trinajstić information content (AvgIpc) is 3.35. The number of nitrogens with zero attached hydrogens (tertiary/aromatic N) is 2. The lowest BCUT2D eigenvalue weighted by Gasteiger charge is -2.10. The number of hydrogen-bond donors (Lipinski definition) is 1. The van der Waals surface area contributed by atoms with Gasteiger partial charge in [0.15, 0.2) is 18.1 Å². The molecule has 0 bridgehead atoms. The molecule has 0 unspecified atom stereocenters. The second-order valence-corrected chi connectivity index (χ2v) is 6.20. The minimum atomic E-state index is -0.650. The predicted molar refractivity (Wildman–Crippen MR) is 114 cm³/mol. The Hall–Kier alpha value is -4.58. The van der Waals surface area contributed by atoms with Crippen molar-refractivity contribution in [3.05, 3.63) is 77.7 Å². The molecule has 1 heterocycles. The topological polar surface area (TPSA) is 123 Å². The van der Waals surface area contributed by atoms with Crippen LogP contribution in [0.15, 0.2) is 70.4 Å². The summed E-state index contributed by atoms with van der Waals surface area (Å²) in [5.41, 5.74) is 3.27. The fourth-order valence-electron chi connectivity index (χ4n) is 2.54. The highest BCUT2D eigenvalue weighted by atomic mass is 16.6. The van der Waals surface area contributed by atoms with Gasteiger partial charge in [-0.15, -0.1) is 0 Å². The SMILES string of the molecule is CCOc1cc(C=NNC(=O)COc2ccccc2C#N)ccc1OC(=O)c1ccco1. The molecule has 0 fully saturated rings. The third-order valence-electron chi connectivity index (χ3n) is 3.96. The zero-order chi connectivity index (χ0) is 22.8. The molecule has 0 saturated heterocycles. The molecule has 0 aliphatic heterocycles. The monoisotopic (exact) mass is 433 g/mol. The van der Waals surface area contributed by atoms with Crippen LogP contribution >= 0.6 is 0 Å². The summed E-state index contributed by atoms with van der Waals surface area (Å²) in [6, 6.07) is 16.5. The molecule has 0 aliphatic carbocycles. The van der Waals surface area contributed by atoms with Gasteiger partial charge in [0.05, 0.1) is 24.6 Å². The fourth-order valence-corrected chi connectivity index (χ4v) is 2.54. The van der Waals surface area contributed by atoms with Gasteiger partial charge in [0, 0.05) is 0 Å². The van der Waals surface area contributed by atoms with Crippen molar-refractivity contribution in [2.24, 2.45) is 5.10 Å². The lowest BCUT2D eigenvalue weighted by molar-refractivity contribution is -0.123. The lowest BCUT2D eigenvalue weighted by atomic mass is 10.2. The largest absolute Gasteiger partial charge is 0.490 e. The van der Waals surface area contributed by atoms with Gasteiger partial charge >= 0.3 is 5.97 Å². The number of hydrazone groups is 1. The number of amides is 1. The van der Waals surface area contributed by atoms with Crippen molar-refractivity contribution in [2.45, 2.75) is 6.92 Å². The Kier molecular flexibility index (Phi) is 7.59. The van der Waals surface area contributed by atoms with Crippen LogP contribution in [0.4, 0.5) is 0 Å². The highest BCUT2D eigenvalue weighted by Gasteiger charge is 2.15. The number of benzene rings is 2. The van der Waals surface area contributed by atoms with Crippen LogP contribution in [0, 0.1) is 11.3 Å². The molecule has 1 aromatic heterocycles. The van der Waals surface area contributed by atoms with Crippen LogP contribution in [-0.2, 0) is 4.79 Å². The van der Waals surface area contributed by atoms with Crippen molar-refractivity contribution in [1.29, 1.82) is 5.26 Å². The van der Waals surface area contributed by atoms with Gasteiger partial charge < -0.3 is 18.6 Å². The maximum absolute atomic E-state index is 12.1. The maximum Gasteiger partial charge on any atom is 0.379 e. The molecule has 3 rings (SSSR count). The van der Waals surface area contributed by atoms with Gasteiger partial charge in [0.2, 0.25) is 5.76 Å². The molecule has 9 heteroatoms. The Morgan fingerprint density at radius 1 is 1.09 bits per heavy atom. The number of nitriles is 1. The molecule has 1 amide bonds. The number of para-hydroxylation sites is 1. The van der Waals surface area contributed by atoms with Gasteiger partial charge in [-0.05, 0) is 55.0 Å². The standard InChI is InChI=1S/C23H19N3O6/c1-2-29-21-12-16(9-10-19(21)32-23(28)20-8-5-11-30-20)14-25-26-22(27)15-31-18-7-4-3-6-17(18)13-24/h3-12,14H,2,15H2,1H3,(H,26,27). The van der Waals surface area contributed by atoms with Crippen LogP contribution in [0.25, 0.3) is 0 Å². The zero-order valence-corrected chi connectivity index (χ0v) is 17.1. The first-order valence-electron chi connectivity index (χ1n) is 9.57. The second-order valence-electron chi connectivity index (χ2n) is 6.20. The number of furan rings is 1. The Morgan fingerprint density at radius 2 is 1.94 bits per heavy atom. The summed E-state index contributed by atoms with van der Waals surface area (Å²) in [6.45, 7) is 1.84. The Labute approximate surface area is 183 Å². The molecule has 32 heavy (non-hydrogen) atoms. The number of ether oxygens (including phenoxy) is 3. The number of carbonyl (C=O) groups is 2. The van der Waals surface area contributed by atoms with Gasteiger partial charge in [-0.25, -0.2) is 10.2 Å². The summed E-state index contributed by atoms with van der Waals surface area (Å²) in [5.74, 6) is -0.209. The summed E-state index contributed by atoms with van der Waals surface area (Å²) in [4.78, 5) is 24.0. The highest BCUT2D eigenvalue weighted by Crippen LogP contribution is 2.29. The Bertz CT molecular complexity index is 1150. The minimum absolute atomic E-state index is 0.0698. The van der Waals surface area contributed by atoms with Crippen molar-refractivity contribution in [3.8, 4) is 23.3 Å². The van der Waals surface area contributed by atoms with Gasteiger partial charge in [0.1, 0.15) is 11.8 Å². The summed E-state index contributed by atoms with van der Waals surface area (Å²) < 4.78 is 21.2. The molecule has 0 radical (unpaired) electrons. The van der Waals surface area contributed by atoms with E-state index in [0.29, 0.717) is 29.2 Å². The number of esters is 1. The molecule has 9 nitrogen and oxygen atoms in total. The summed E-state index contributed by atoms with van der Waals surface area (Å²) in [7, 11) is 0. The molecule has 0 spiro atoms. The average molecular weight is 433 g/mol. The fraction of sp³-hybridized carbons (Fsp3) is 0.130. The van der Waals surface area contributed by atoms with E-state index in [4.69, 9.17) is 23.9 Å². The van der Waals surface area contributed by atoms with Crippen molar-refractivity contribution in [1.82, 2.24) is 5.43 Å². The van der Waals surface area contributed by atoms with Crippen LogP contribution in [0.3, 0.4) is 0 Å². The highest BCUT2D eigenvalue weighted by molar-refractivity contribution is 5.89. The van der Waals surface area contributed by atoms with E-state index in [1.807, 2.05) is 6.07 Å². The van der Waals surface area contributed by atoms with Crippen molar-refractivity contribution >= 4 is 18.1 Å². The molecule has 0 aliphatic rings. The molecule has 1 N–H and O–H groups in total. The van der Waals surface area contributed by atoms with E-state index in [2.05, 4.69) is 10.5 Å². The molecular weight excluding hydrogens is 414 g/mol. The van der Waals surface area contributed by atoms with Crippen LogP contribution in [0.2, 0.25) is 0 Å². The zero-order valence-electron chi connectivity index (χ0n) is 17.1. The second kappa shape index (κ2) is 11.0. The lowest BCUT2D eigenvalue weighted by Crippen LogP contribution is -2.24.